The van der Waals surface area contributed by atoms with Crippen LogP contribution in [0.4, 0.5) is 0 Å². The third kappa shape index (κ3) is 2.80. The molecule has 0 bridgehead atoms. The molecule has 3 nitrogen and oxygen atoms in total. The van der Waals surface area contributed by atoms with Gasteiger partial charge in [0.2, 0.25) is 0 Å². The van der Waals surface area contributed by atoms with Gasteiger partial charge in [0.05, 0.1) is 10.9 Å². The SMILES string of the molecule is O=c1[nH]c(CCc2ccccc2)nc2ccc(Br)cc12. The average molecular weight is 329 g/mol. The number of aryl methyl sites for hydroxylation is 2. The van der Waals surface area contributed by atoms with Crippen LogP contribution in [-0.4, -0.2) is 9.97 Å². The summed E-state index contributed by atoms with van der Waals surface area (Å²) in [5, 5.41) is 0.614. The number of nitrogens with zero attached hydrogens (tertiary/aromatic N) is 1. The van der Waals surface area contributed by atoms with Crippen molar-refractivity contribution in [2.24, 2.45) is 0 Å². The first-order valence-corrected chi connectivity index (χ1v) is 7.24. The van der Waals surface area contributed by atoms with Crippen molar-refractivity contribution in [1.82, 2.24) is 9.97 Å². The van der Waals surface area contributed by atoms with Gasteiger partial charge < -0.3 is 4.98 Å². The molecule has 20 heavy (non-hydrogen) atoms. The van der Waals surface area contributed by atoms with Gasteiger partial charge in [-0.05, 0) is 30.2 Å². The smallest absolute Gasteiger partial charge is 0.258 e. The topological polar surface area (TPSA) is 45.8 Å². The molecule has 4 heteroatoms. The number of fused-ring (bicyclic) bond motifs is 1. The molecule has 0 fully saturated rings. The van der Waals surface area contributed by atoms with Crippen LogP contribution in [-0.2, 0) is 12.8 Å². The number of aromatic nitrogens is 2. The second kappa shape index (κ2) is 5.59. The van der Waals surface area contributed by atoms with E-state index in [0.29, 0.717) is 5.39 Å². The fourth-order valence-corrected chi connectivity index (χ4v) is 2.55. The highest BCUT2D eigenvalue weighted by molar-refractivity contribution is 9.10. The van der Waals surface area contributed by atoms with Crippen molar-refractivity contribution in [3.63, 3.8) is 0 Å². The van der Waals surface area contributed by atoms with Crippen LogP contribution in [0.2, 0.25) is 0 Å². The summed E-state index contributed by atoms with van der Waals surface area (Å²) in [7, 11) is 0. The van der Waals surface area contributed by atoms with E-state index in [0.717, 1.165) is 28.7 Å². The van der Waals surface area contributed by atoms with E-state index in [9.17, 15) is 4.79 Å². The Morgan fingerprint density at radius 1 is 1.05 bits per heavy atom. The van der Waals surface area contributed by atoms with Gasteiger partial charge in [-0.3, -0.25) is 4.79 Å². The first-order chi connectivity index (χ1) is 9.72. The highest BCUT2D eigenvalue weighted by Gasteiger charge is 2.04. The number of halogens is 1. The Morgan fingerprint density at radius 3 is 2.65 bits per heavy atom. The zero-order valence-electron chi connectivity index (χ0n) is 10.8. The van der Waals surface area contributed by atoms with Gasteiger partial charge in [0.1, 0.15) is 5.82 Å². The molecule has 3 aromatic rings. The van der Waals surface area contributed by atoms with Crippen LogP contribution in [0.3, 0.4) is 0 Å². The predicted octanol–water partition coefficient (Wildman–Crippen LogP) is 3.47. The molecule has 100 valence electrons. The number of aromatic amines is 1. The molecule has 0 aliphatic rings. The molecule has 1 aromatic heterocycles. The number of H-pyrrole nitrogens is 1. The zero-order valence-corrected chi connectivity index (χ0v) is 12.4. The summed E-state index contributed by atoms with van der Waals surface area (Å²) < 4.78 is 0.884. The highest BCUT2D eigenvalue weighted by atomic mass is 79.9. The summed E-state index contributed by atoms with van der Waals surface area (Å²) in [6.07, 6.45) is 1.59. The maximum Gasteiger partial charge on any atom is 0.258 e. The van der Waals surface area contributed by atoms with Crippen LogP contribution in [0.15, 0.2) is 57.8 Å². The lowest BCUT2D eigenvalue weighted by molar-refractivity contribution is 0.861. The normalized spacial score (nSPS) is 10.8. The minimum absolute atomic E-state index is 0.0839. The van der Waals surface area contributed by atoms with Crippen molar-refractivity contribution < 1.29 is 0 Å². The third-order valence-corrected chi connectivity index (χ3v) is 3.70. The lowest BCUT2D eigenvalue weighted by atomic mass is 10.1. The van der Waals surface area contributed by atoms with Gasteiger partial charge in [-0.25, -0.2) is 4.98 Å². The van der Waals surface area contributed by atoms with Gasteiger partial charge in [-0.2, -0.15) is 0 Å². The second-order valence-electron chi connectivity index (χ2n) is 4.66. The molecule has 0 aliphatic carbocycles. The van der Waals surface area contributed by atoms with Crippen LogP contribution in [0.1, 0.15) is 11.4 Å². The first-order valence-electron chi connectivity index (χ1n) is 6.45. The van der Waals surface area contributed by atoms with Gasteiger partial charge in [-0.1, -0.05) is 46.3 Å². The van der Waals surface area contributed by atoms with E-state index in [-0.39, 0.29) is 5.56 Å². The van der Waals surface area contributed by atoms with E-state index >= 15 is 0 Å². The van der Waals surface area contributed by atoms with Crippen LogP contribution in [0.25, 0.3) is 10.9 Å². The average Bonchev–Trinajstić information content (AvgIpc) is 2.47. The molecule has 0 unspecified atom stereocenters. The van der Waals surface area contributed by atoms with Crippen LogP contribution < -0.4 is 5.56 Å². The Kier molecular flexibility index (Phi) is 3.65. The fourth-order valence-electron chi connectivity index (χ4n) is 2.19. The van der Waals surface area contributed by atoms with Gasteiger partial charge >= 0.3 is 0 Å². The maximum absolute atomic E-state index is 12.0. The van der Waals surface area contributed by atoms with Gasteiger partial charge in [0, 0.05) is 10.9 Å². The Balaban J connectivity index is 1.89. The van der Waals surface area contributed by atoms with E-state index in [4.69, 9.17) is 0 Å². The molecular formula is C16H13BrN2O. The number of hydrogen-bond acceptors (Lipinski definition) is 2. The summed E-state index contributed by atoms with van der Waals surface area (Å²) in [6, 6.07) is 15.7. The molecule has 0 radical (unpaired) electrons. The Morgan fingerprint density at radius 2 is 1.85 bits per heavy atom. The minimum atomic E-state index is -0.0839. The predicted molar refractivity (Wildman–Crippen MR) is 83.9 cm³/mol. The van der Waals surface area contributed by atoms with Crippen molar-refractivity contribution in [2.75, 3.05) is 0 Å². The lowest BCUT2D eigenvalue weighted by Gasteiger charge is -2.04. The largest absolute Gasteiger partial charge is 0.310 e. The maximum atomic E-state index is 12.0. The quantitative estimate of drug-likeness (QED) is 0.800. The second-order valence-corrected chi connectivity index (χ2v) is 5.58. The van der Waals surface area contributed by atoms with E-state index in [1.807, 2.05) is 30.3 Å². The van der Waals surface area contributed by atoms with Crippen LogP contribution in [0, 0.1) is 0 Å². The monoisotopic (exact) mass is 328 g/mol. The van der Waals surface area contributed by atoms with Crippen LogP contribution in [0.5, 0.6) is 0 Å². The molecule has 0 spiro atoms. The summed E-state index contributed by atoms with van der Waals surface area (Å²) in [5.41, 5.74) is 1.89. The Bertz CT molecular complexity index is 796. The summed E-state index contributed by atoms with van der Waals surface area (Å²) in [4.78, 5) is 19.4. The molecule has 1 N–H and O–H groups in total. The van der Waals surface area contributed by atoms with Gasteiger partial charge in [0.15, 0.2) is 0 Å². The molecule has 1 heterocycles. The molecule has 0 saturated heterocycles. The summed E-state index contributed by atoms with van der Waals surface area (Å²) >= 11 is 3.37. The summed E-state index contributed by atoms with van der Waals surface area (Å²) in [6.45, 7) is 0. The molecular weight excluding hydrogens is 316 g/mol. The number of benzene rings is 2. The van der Waals surface area contributed by atoms with Gasteiger partial charge in [0.25, 0.3) is 5.56 Å². The number of hydrogen-bond donors (Lipinski definition) is 1. The molecule has 3 rings (SSSR count). The molecule has 0 amide bonds. The van der Waals surface area contributed by atoms with Crippen molar-refractivity contribution in [1.29, 1.82) is 0 Å². The van der Waals surface area contributed by atoms with Crippen molar-refractivity contribution in [3.8, 4) is 0 Å². The zero-order chi connectivity index (χ0) is 13.9. The minimum Gasteiger partial charge on any atom is -0.310 e. The number of rotatable bonds is 3. The van der Waals surface area contributed by atoms with E-state index in [1.54, 1.807) is 6.07 Å². The van der Waals surface area contributed by atoms with Gasteiger partial charge in [-0.15, -0.1) is 0 Å². The van der Waals surface area contributed by atoms with E-state index in [1.165, 1.54) is 5.56 Å². The standard InChI is InChI=1S/C16H13BrN2O/c17-12-7-8-14-13(10-12)16(20)19-15(18-14)9-6-11-4-2-1-3-5-11/h1-5,7-8,10H,6,9H2,(H,18,19,20). The lowest BCUT2D eigenvalue weighted by Crippen LogP contribution is -2.12. The molecule has 0 aliphatic heterocycles. The Hall–Kier alpha value is -1.94. The van der Waals surface area contributed by atoms with E-state index < -0.39 is 0 Å². The highest BCUT2D eigenvalue weighted by Crippen LogP contribution is 2.15. The summed E-state index contributed by atoms with van der Waals surface area (Å²) in [5.74, 6) is 0.730. The fraction of sp³-hybridized carbons (Fsp3) is 0.125. The Labute approximate surface area is 124 Å². The first kappa shape index (κ1) is 13.1. The number of nitrogens with one attached hydrogen (secondary N) is 1. The van der Waals surface area contributed by atoms with Crippen molar-refractivity contribution in [3.05, 3.63) is 74.7 Å². The van der Waals surface area contributed by atoms with Crippen molar-refractivity contribution in [2.45, 2.75) is 12.8 Å². The third-order valence-electron chi connectivity index (χ3n) is 3.21. The van der Waals surface area contributed by atoms with E-state index in [2.05, 4.69) is 38.0 Å². The van der Waals surface area contributed by atoms with Crippen LogP contribution >= 0.6 is 15.9 Å². The molecule has 0 saturated carbocycles. The molecule has 0 atom stereocenters. The molecule has 2 aromatic carbocycles. The van der Waals surface area contributed by atoms with Crippen molar-refractivity contribution >= 4 is 26.8 Å².